The second-order valence-corrected chi connectivity index (χ2v) is 7.42. The van der Waals surface area contributed by atoms with Crippen LogP contribution in [0.15, 0.2) is 66.9 Å². The fraction of sp³-hybridized carbons (Fsp3) is 0.318. The largest absolute Gasteiger partial charge is 0.390 e. The van der Waals surface area contributed by atoms with Crippen LogP contribution in [0.4, 0.5) is 0 Å². The van der Waals surface area contributed by atoms with Crippen LogP contribution in [0.25, 0.3) is 16.9 Å². The molecule has 4 rings (SSSR count). The zero-order valence-corrected chi connectivity index (χ0v) is 15.2. The molecule has 2 aromatic carbocycles. The molecule has 0 bridgehead atoms. The monoisotopic (exact) mass is 347 g/mol. The van der Waals surface area contributed by atoms with E-state index in [1.54, 1.807) is 0 Å². The van der Waals surface area contributed by atoms with Crippen LogP contribution in [-0.4, -0.2) is 38.5 Å². The average molecular weight is 347 g/mol. The molecule has 1 saturated heterocycles. The van der Waals surface area contributed by atoms with Crippen molar-refractivity contribution >= 4 is 0 Å². The number of piperidine rings is 1. The Balaban J connectivity index is 1.65. The standard InChI is InChI=1S/C22H25N3O/c1-22(26)12-14-24(15-13-22)16-19-17-25(20-10-6-3-7-11-20)23-21(19)18-8-4-2-5-9-18/h2-11,17,26H,12-16H2,1H3. The highest BCUT2D eigenvalue weighted by Crippen LogP contribution is 2.27. The topological polar surface area (TPSA) is 41.3 Å². The molecule has 1 aromatic heterocycles. The maximum absolute atomic E-state index is 10.2. The number of nitrogens with zero attached hydrogens (tertiary/aromatic N) is 3. The van der Waals surface area contributed by atoms with Crippen molar-refractivity contribution in [3.63, 3.8) is 0 Å². The van der Waals surface area contributed by atoms with Crippen molar-refractivity contribution in [1.29, 1.82) is 0 Å². The molecule has 0 aliphatic carbocycles. The third kappa shape index (κ3) is 3.71. The lowest BCUT2D eigenvalue weighted by molar-refractivity contribution is -0.00726. The maximum Gasteiger partial charge on any atom is 0.0972 e. The Hall–Kier alpha value is -2.43. The molecule has 0 radical (unpaired) electrons. The van der Waals surface area contributed by atoms with Gasteiger partial charge in [0.25, 0.3) is 0 Å². The molecule has 2 heterocycles. The van der Waals surface area contributed by atoms with E-state index >= 15 is 0 Å². The lowest BCUT2D eigenvalue weighted by Crippen LogP contribution is -2.41. The zero-order chi connectivity index (χ0) is 18.0. The van der Waals surface area contributed by atoms with Gasteiger partial charge >= 0.3 is 0 Å². The number of hydrogen-bond donors (Lipinski definition) is 1. The Labute approximate surface area is 154 Å². The van der Waals surface area contributed by atoms with Crippen LogP contribution in [0.5, 0.6) is 0 Å². The van der Waals surface area contributed by atoms with Crippen LogP contribution in [0.2, 0.25) is 0 Å². The first-order valence-electron chi connectivity index (χ1n) is 9.25. The van der Waals surface area contributed by atoms with Gasteiger partial charge in [-0.15, -0.1) is 0 Å². The summed E-state index contributed by atoms with van der Waals surface area (Å²) < 4.78 is 1.97. The van der Waals surface area contributed by atoms with Gasteiger partial charge in [0.05, 0.1) is 17.0 Å². The van der Waals surface area contributed by atoms with Crippen LogP contribution in [0.1, 0.15) is 25.3 Å². The van der Waals surface area contributed by atoms with Crippen molar-refractivity contribution in [3.8, 4) is 16.9 Å². The van der Waals surface area contributed by atoms with Crippen molar-refractivity contribution in [3.05, 3.63) is 72.4 Å². The van der Waals surface area contributed by atoms with Crippen molar-refractivity contribution in [2.45, 2.75) is 31.9 Å². The minimum absolute atomic E-state index is 0.521. The lowest BCUT2D eigenvalue weighted by atomic mass is 9.93. The molecular weight excluding hydrogens is 322 g/mol. The first kappa shape index (κ1) is 17.0. The van der Waals surface area contributed by atoms with Crippen molar-refractivity contribution in [2.24, 2.45) is 0 Å². The fourth-order valence-corrected chi connectivity index (χ4v) is 3.51. The molecule has 1 fully saturated rings. The molecule has 0 atom stereocenters. The van der Waals surface area contributed by atoms with Gasteiger partial charge in [0.1, 0.15) is 0 Å². The van der Waals surface area contributed by atoms with E-state index in [1.807, 2.05) is 35.9 Å². The number of benzene rings is 2. The van der Waals surface area contributed by atoms with Gasteiger partial charge in [-0.25, -0.2) is 4.68 Å². The molecule has 1 aliphatic rings. The molecule has 0 saturated carbocycles. The van der Waals surface area contributed by atoms with Gasteiger partial charge in [-0.2, -0.15) is 5.10 Å². The number of aliphatic hydroxyl groups is 1. The first-order valence-corrected chi connectivity index (χ1v) is 9.25. The van der Waals surface area contributed by atoms with Crippen LogP contribution < -0.4 is 0 Å². The molecule has 3 aromatic rings. The molecular formula is C22H25N3O. The quantitative estimate of drug-likeness (QED) is 0.778. The van der Waals surface area contributed by atoms with Crippen LogP contribution in [0, 0.1) is 0 Å². The number of likely N-dealkylation sites (tertiary alicyclic amines) is 1. The van der Waals surface area contributed by atoms with Gasteiger partial charge in [0, 0.05) is 37.0 Å². The summed E-state index contributed by atoms with van der Waals surface area (Å²) in [4.78, 5) is 2.41. The SMILES string of the molecule is CC1(O)CCN(Cc2cn(-c3ccccc3)nc2-c2ccccc2)CC1. The highest BCUT2D eigenvalue weighted by atomic mass is 16.3. The molecule has 26 heavy (non-hydrogen) atoms. The minimum Gasteiger partial charge on any atom is -0.390 e. The summed E-state index contributed by atoms with van der Waals surface area (Å²) in [5.74, 6) is 0. The van der Waals surface area contributed by atoms with Gasteiger partial charge in [-0.1, -0.05) is 48.5 Å². The van der Waals surface area contributed by atoms with E-state index in [1.165, 1.54) is 5.56 Å². The van der Waals surface area contributed by atoms with E-state index in [9.17, 15) is 5.11 Å². The second kappa shape index (κ2) is 7.06. The Morgan fingerprint density at radius 3 is 2.23 bits per heavy atom. The summed E-state index contributed by atoms with van der Waals surface area (Å²) in [5.41, 5.74) is 3.94. The summed E-state index contributed by atoms with van der Waals surface area (Å²) in [7, 11) is 0. The predicted molar refractivity (Wildman–Crippen MR) is 104 cm³/mol. The number of rotatable bonds is 4. The summed E-state index contributed by atoms with van der Waals surface area (Å²) >= 11 is 0. The average Bonchev–Trinajstić information content (AvgIpc) is 3.09. The number of para-hydroxylation sites is 1. The summed E-state index contributed by atoms with van der Waals surface area (Å²) in [5, 5.41) is 15.1. The molecule has 1 aliphatic heterocycles. The zero-order valence-electron chi connectivity index (χ0n) is 15.2. The molecule has 1 N–H and O–H groups in total. The smallest absolute Gasteiger partial charge is 0.0972 e. The van der Waals surface area contributed by atoms with E-state index in [2.05, 4.69) is 47.5 Å². The Kier molecular flexibility index (Phi) is 4.62. The lowest BCUT2D eigenvalue weighted by Gasteiger charge is -2.35. The van der Waals surface area contributed by atoms with Crippen LogP contribution in [0.3, 0.4) is 0 Å². The first-order chi connectivity index (χ1) is 12.6. The maximum atomic E-state index is 10.2. The highest BCUT2D eigenvalue weighted by Gasteiger charge is 2.28. The summed E-state index contributed by atoms with van der Waals surface area (Å²) in [6.07, 6.45) is 3.78. The van der Waals surface area contributed by atoms with E-state index in [0.29, 0.717) is 0 Å². The van der Waals surface area contributed by atoms with Gasteiger partial charge in [0.15, 0.2) is 0 Å². The third-order valence-electron chi connectivity index (χ3n) is 5.19. The molecule has 134 valence electrons. The van der Waals surface area contributed by atoms with Crippen molar-refractivity contribution in [1.82, 2.24) is 14.7 Å². The number of hydrogen-bond acceptors (Lipinski definition) is 3. The minimum atomic E-state index is -0.521. The van der Waals surface area contributed by atoms with Gasteiger partial charge in [0.2, 0.25) is 0 Å². The second-order valence-electron chi connectivity index (χ2n) is 7.42. The Morgan fingerprint density at radius 2 is 1.58 bits per heavy atom. The van der Waals surface area contributed by atoms with Gasteiger partial charge in [-0.3, -0.25) is 4.90 Å². The molecule has 0 amide bonds. The Morgan fingerprint density at radius 1 is 0.962 bits per heavy atom. The predicted octanol–water partition coefficient (Wildman–Crippen LogP) is 3.89. The summed E-state index contributed by atoms with van der Waals surface area (Å²) in [6.45, 7) is 4.62. The summed E-state index contributed by atoms with van der Waals surface area (Å²) in [6, 6.07) is 20.6. The fourth-order valence-electron chi connectivity index (χ4n) is 3.51. The van der Waals surface area contributed by atoms with Gasteiger partial charge < -0.3 is 5.11 Å². The highest BCUT2D eigenvalue weighted by molar-refractivity contribution is 5.63. The molecule has 0 spiro atoms. The van der Waals surface area contributed by atoms with E-state index < -0.39 is 5.60 Å². The molecule has 0 unspecified atom stereocenters. The van der Waals surface area contributed by atoms with Crippen LogP contribution in [-0.2, 0) is 6.54 Å². The normalized spacial score (nSPS) is 17.3. The van der Waals surface area contributed by atoms with Crippen LogP contribution >= 0.6 is 0 Å². The van der Waals surface area contributed by atoms with Crippen molar-refractivity contribution in [2.75, 3.05) is 13.1 Å². The van der Waals surface area contributed by atoms with Crippen molar-refractivity contribution < 1.29 is 5.11 Å². The third-order valence-corrected chi connectivity index (χ3v) is 5.19. The Bertz CT molecular complexity index is 846. The van der Waals surface area contributed by atoms with E-state index in [-0.39, 0.29) is 0 Å². The van der Waals surface area contributed by atoms with Gasteiger partial charge in [-0.05, 0) is 31.9 Å². The van der Waals surface area contributed by atoms with E-state index in [4.69, 9.17) is 5.10 Å². The molecule has 4 heteroatoms. The number of aromatic nitrogens is 2. The van der Waals surface area contributed by atoms with E-state index in [0.717, 1.165) is 49.4 Å². The molecule has 4 nitrogen and oxygen atoms in total.